The van der Waals surface area contributed by atoms with Crippen LogP contribution in [-0.2, 0) is 0 Å². The van der Waals surface area contributed by atoms with Crippen molar-refractivity contribution in [2.24, 2.45) is 11.7 Å². The standard InChI is InChI=1S/C12H25NS/c1-2-14-10-6-8-11-7-4-3-5-9-12(11)13/h11-12H,2-10,13H2,1H3. The van der Waals surface area contributed by atoms with Gasteiger partial charge in [-0.15, -0.1) is 0 Å². The Balaban J connectivity index is 2.13. The maximum atomic E-state index is 6.19. The second-order valence-electron chi connectivity index (χ2n) is 4.40. The summed E-state index contributed by atoms with van der Waals surface area (Å²) < 4.78 is 0. The normalized spacial score (nSPS) is 28.7. The van der Waals surface area contributed by atoms with Gasteiger partial charge in [-0.25, -0.2) is 0 Å². The van der Waals surface area contributed by atoms with Crippen molar-refractivity contribution in [2.45, 2.75) is 57.9 Å². The van der Waals surface area contributed by atoms with E-state index in [0.29, 0.717) is 6.04 Å². The topological polar surface area (TPSA) is 26.0 Å². The molecule has 1 nitrogen and oxygen atoms in total. The lowest BCUT2D eigenvalue weighted by molar-refractivity contribution is 0.370. The Morgan fingerprint density at radius 3 is 2.79 bits per heavy atom. The molecule has 1 rings (SSSR count). The van der Waals surface area contributed by atoms with Gasteiger partial charge in [0.1, 0.15) is 0 Å². The lowest BCUT2D eigenvalue weighted by atomic mass is 9.91. The summed E-state index contributed by atoms with van der Waals surface area (Å²) in [5.41, 5.74) is 6.19. The molecule has 1 aliphatic carbocycles. The number of hydrogen-bond donors (Lipinski definition) is 1. The van der Waals surface area contributed by atoms with Gasteiger partial charge in [-0.05, 0) is 43.1 Å². The molecule has 2 unspecified atom stereocenters. The van der Waals surface area contributed by atoms with Crippen LogP contribution < -0.4 is 5.73 Å². The Morgan fingerprint density at radius 1 is 1.21 bits per heavy atom. The van der Waals surface area contributed by atoms with Crippen LogP contribution >= 0.6 is 11.8 Å². The number of thioether (sulfide) groups is 1. The monoisotopic (exact) mass is 215 g/mol. The lowest BCUT2D eigenvalue weighted by Gasteiger charge is -2.20. The average Bonchev–Trinajstić information content (AvgIpc) is 2.39. The van der Waals surface area contributed by atoms with Crippen molar-refractivity contribution in [3.63, 3.8) is 0 Å². The summed E-state index contributed by atoms with van der Waals surface area (Å²) in [7, 11) is 0. The van der Waals surface area contributed by atoms with Crippen molar-refractivity contribution in [1.82, 2.24) is 0 Å². The lowest BCUT2D eigenvalue weighted by Crippen LogP contribution is -2.28. The molecule has 1 saturated carbocycles. The van der Waals surface area contributed by atoms with Crippen LogP contribution in [0.3, 0.4) is 0 Å². The summed E-state index contributed by atoms with van der Waals surface area (Å²) in [6, 6.07) is 0.504. The third-order valence-electron chi connectivity index (χ3n) is 3.29. The molecule has 0 amide bonds. The van der Waals surface area contributed by atoms with Crippen LogP contribution in [0.4, 0.5) is 0 Å². The van der Waals surface area contributed by atoms with Crippen LogP contribution in [-0.4, -0.2) is 17.5 Å². The fraction of sp³-hybridized carbons (Fsp3) is 1.00. The van der Waals surface area contributed by atoms with E-state index in [0.717, 1.165) is 5.92 Å². The van der Waals surface area contributed by atoms with E-state index in [4.69, 9.17) is 5.73 Å². The first-order valence-electron chi connectivity index (χ1n) is 6.18. The molecular weight excluding hydrogens is 190 g/mol. The molecule has 0 spiro atoms. The van der Waals surface area contributed by atoms with Gasteiger partial charge in [0.2, 0.25) is 0 Å². The zero-order valence-electron chi connectivity index (χ0n) is 9.50. The van der Waals surface area contributed by atoms with Gasteiger partial charge in [0.15, 0.2) is 0 Å². The van der Waals surface area contributed by atoms with Gasteiger partial charge in [0.25, 0.3) is 0 Å². The Labute approximate surface area is 93.2 Å². The Hall–Kier alpha value is 0.310. The van der Waals surface area contributed by atoms with Crippen molar-refractivity contribution in [2.75, 3.05) is 11.5 Å². The average molecular weight is 215 g/mol. The molecule has 0 bridgehead atoms. The predicted molar refractivity (Wildman–Crippen MR) is 66.8 cm³/mol. The summed E-state index contributed by atoms with van der Waals surface area (Å²) in [5.74, 6) is 3.42. The smallest absolute Gasteiger partial charge is 0.00671 e. The van der Waals surface area contributed by atoms with Gasteiger partial charge < -0.3 is 5.73 Å². The zero-order valence-corrected chi connectivity index (χ0v) is 10.3. The van der Waals surface area contributed by atoms with Crippen LogP contribution in [0.25, 0.3) is 0 Å². The van der Waals surface area contributed by atoms with E-state index in [1.165, 1.54) is 56.5 Å². The van der Waals surface area contributed by atoms with Gasteiger partial charge in [0.05, 0.1) is 0 Å². The second kappa shape index (κ2) is 7.58. The SMILES string of the molecule is CCSCCCC1CCCCCC1N. The molecule has 0 aromatic heterocycles. The quantitative estimate of drug-likeness (QED) is 0.562. The van der Waals surface area contributed by atoms with Crippen LogP contribution in [0, 0.1) is 5.92 Å². The molecule has 2 heteroatoms. The van der Waals surface area contributed by atoms with Crippen molar-refractivity contribution in [1.29, 1.82) is 0 Å². The van der Waals surface area contributed by atoms with E-state index in [1.54, 1.807) is 0 Å². The van der Waals surface area contributed by atoms with Crippen LogP contribution in [0.5, 0.6) is 0 Å². The molecule has 2 N–H and O–H groups in total. The maximum absolute atomic E-state index is 6.19. The fourth-order valence-electron chi connectivity index (χ4n) is 2.36. The molecule has 0 saturated heterocycles. The largest absolute Gasteiger partial charge is 0.327 e. The Morgan fingerprint density at radius 2 is 2.00 bits per heavy atom. The predicted octanol–water partition coefficient (Wildman–Crippen LogP) is 3.43. The molecule has 2 atom stereocenters. The Bertz CT molecular complexity index is 138. The highest BCUT2D eigenvalue weighted by Crippen LogP contribution is 2.26. The highest BCUT2D eigenvalue weighted by atomic mass is 32.2. The third kappa shape index (κ3) is 4.70. The van der Waals surface area contributed by atoms with Crippen LogP contribution in [0.2, 0.25) is 0 Å². The maximum Gasteiger partial charge on any atom is 0.00671 e. The summed E-state index contributed by atoms with van der Waals surface area (Å²) >= 11 is 2.06. The molecule has 1 fully saturated rings. The summed E-state index contributed by atoms with van der Waals surface area (Å²) in [5, 5.41) is 0. The third-order valence-corrected chi connectivity index (χ3v) is 4.27. The van der Waals surface area contributed by atoms with Gasteiger partial charge in [-0.1, -0.05) is 26.2 Å². The second-order valence-corrected chi connectivity index (χ2v) is 5.79. The van der Waals surface area contributed by atoms with Crippen molar-refractivity contribution in [3.05, 3.63) is 0 Å². The van der Waals surface area contributed by atoms with E-state index in [1.807, 2.05) is 0 Å². The number of rotatable bonds is 5. The van der Waals surface area contributed by atoms with E-state index < -0.39 is 0 Å². The molecule has 0 heterocycles. The molecule has 1 aliphatic rings. The minimum Gasteiger partial charge on any atom is -0.327 e. The first kappa shape index (κ1) is 12.4. The van der Waals surface area contributed by atoms with E-state index >= 15 is 0 Å². The number of nitrogens with two attached hydrogens (primary N) is 1. The minimum absolute atomic E-state index is 0.504. The summed E-state index contributed by atoms with van der Waals surface area (Å²) in [6.07, 6.45) is 9.59. The highest BCUT2D eigenvalue weighted by Gasteiger charge is 2.19. The van der Waals surface area contributed by atoms with Gasteiger partial charge in [-0.3, -0.25) is 0 Å². The molecule has 14 heavy (non-hydrogen) atoms. The summed E-state index contributed by atoms with van der Waals surface area (Å²) in [6.45, 7) is 2.24. The number of hydrogen-bond acceptors (Lipinski definition) is 2. The molecule has 0 aromatic rings. The first-order valence-corrected chi connectivity index (χ1v) is 7.33. The molecule has 0 aliphatic heterocycles. The summed E-state index contributed by atoms with van der Waals surface area (Å²) in [4.78, 5) is 0. The van der Waals surface area contributed by atoms with Crippen molar-refractivity contribution in [3.8, 4) is 0 Å². The van der Waals surface area contributed by atoms with Crippen molar-refractivity contribution < 1.29 is 0 Å². The molecule has 0 aromatic carbocycles. The highest BCUT2D eigenvalue weighted by molar-refractivity contribution is 7.99. The zero-order chi connectivity index (χ0) is 10.2. The first-order chi connectivity index (χ1) is 6.84. The van der Waals surface area contributed by atoms with E-state index in [2.05, 4.69) is 18.7 Å². The van der Waals surface area contributed by atoms with Gasteiger partial charge in [-0.2, -0.15) is 11.8 Å². The molecule has 84 valence electrons. The van der Waals surface area contributed by atoms with E-state index in [9.17, 15) is 0 Å². The minimum atomic E-state index is 0.504. The van der Waals surface area contributed by atoms with Crippen LogP contribution in [0.15, 0.2) is 0 Å². The van der Waals surface area contributed by atoms with Gasteiger partial charge >= 0.3 is 0 Å². The Kier molecular flexibility index (Phi) is 6.70. The molecule has 0 radical (unpaired) electrons. The fourth-order valence-corrected chi connectivity index (χ4v) is 3.02. The molecular formula is C12H25NS. The van der Waals surface area contributed by atoms with Crippen molar-refractivity contribution >= 4 is 11.8 Å². The van der Waals surface area contributed by atoms with Crippen LogP contribution in [0.1, 0.15) is 51.9 Å². The van der Waals surface area contributed by atoms with Gasteiger partial charge in [0, 0.05) is 6.04 Å². The van der Waals surface area contributed by atoms with E-state index in [-0.39, 0.29) is 0 Å².